The number of rotatable bonds is 4. The van der Waals surface area contributed by atoms with Crippen molar-refractivity contribution in [1.82, 2.24) is 14.9 Å². The molecule has 1 fully saturated rings. The van der Waals surface area contributed by atoms with E-state index in [4.69, 9.17) is 4.98 Å². The third-order valence-electron chi connectivity index (χ3n) is 4.68. The lowest BCUT2D eigenvalue weighted by Crippen LogP contribution is -2.38. The van der Waals surface area contributed by atoms with Crippen molar-refractivity contribution in [3.63, 3.8) is 0 Å². The maximum atomic E-state index is 12.1. The molecular formula is C16H25N3O. The van der Waals surface area contributed by atoms with Crippen molar-refractivity contribution >= 4 is 0 Å². The quantitative estimate of drug-likeness (QED) is 0.917. The highest BCUT2D eigenvalue weighted by atomic mass is 16.1. The lowest BCUT2D eigenvalue weighted by atomic mass is 10.0. The summed E-state index contributed by atoms with van der Waals surface area (Å²) in [6, 6.07) is 0. The molecule has 0 saturated heterocycles. The lowest BCUT2D eigenvalue weighted by molar-refractivity contribution is 0.210. The van der Waals surface area contributed by atoms with Crippen molar-refractivity contribution in [3.05, 3.63) is 27.4 Å². The van der Waals surface area contributed by atoms with E-state index in [1.54, 1.807) is 0 Å². The van der Waals surface area contributed by atoms with E-state index in [2.05, 4.69) is 16.8 Å². The van der Waals surface area contributed by atoms with Gasteiger partial charge in [0.15, 0.2) is 0 Å². The van der Waals surface area contributed by atoms with Gasteiger partial charge in [0.1, 0.15) is 5.82 Å². The number of H-pyrrole nitrogens is 1. The van der Waals surface area contributed by atoms with Crippen LogP contribution in [0.15, 0.2) is 4.79 Å². The topological polar surface area (TPSA) is 49.0 Å². The van der Waals surface area contributed by atoms with Gasteiger partial charge >= 0.3 is 0 Å². The van der Waals surface area contributed by atoms with Crippen LogP contribution in [-0.2, 0) is 19.4 Å². The van der Waals surface area contributed by atoms with Crippen LogP contribution >= 0.6 is 0 Å². The van der Waals surface area contributed by atoms with Crippen LogP contribution in [-0.4, -0.2) is 28.0 Å². The van der Waals surface area contributed by atoms with E-state index in [-0.39, 0.29) is 5.56 Å². The molecule has 0 spiro atoms. The zero-order valence-electron chi connectivity index (χ0n) is 12.5. The minimum atomic E-state index is 0.0963. The molecule has 1 aliphatic carbocycles. The second-order valence-electron chi connectivity index (χ2n) is 6.32. The Morgan fingerprint density at radius 1 is 1.35 bits per heavy atom. The molecule has 3 rings (SSSR count). The smallest absolute Gasteiger partial charge is 0.254 e. The number of nitrogens with zero attached hydrogens (tertiary/aromatic N) is 2. The number of hydrogen-bond donors (Lipinski definition) is 1. The first kappa shape index (κ1) is 13.8. The van der Waals surface area contributed by atoms with Crippen LogP contribution in [0.5, 0.6) is 0 Å². The zero-order chi connectivity index (χ0) is 13.9. The third-order valence-corrected chi connectivity index (χ3v) is 4.68. The van der Waals surface area contributed by atoms with Crippen LogP contribution in [0.2, 0.25) is 0 Å². The van der Waals surface area contributed by atoms with Crippen molar-refractivity contribution in [1.29, 1.82) is 0 Å². The molecule has 0 radical (unpaired) electrons. The first-order valence-corrected chi connectivity index (χ1v) is 8.09. The molecule has 1 aromatic rings. The Bertz CT molecular complexity index is 517. The highest BCUT2D eigenvalue weighted by Gasteiger charge is 2.24. The molecule has 20 heavy (non-hydrogen) atoms. The summed E-state index contributed by atoms with van der Waals surface area (Å²) in [5.74, 6) is 1.73. The van der Waals surface area contributed by atoms with Crippen LogP contribution in [0, 0.1) is 5.92 Å². The normalized spacial score (nSPS) is 20.2. The summed E-state index contributed by atoms with van der Waals surface area (Å²) in [6.07, 6.45) is 8.30. The fourth-order valence-electron chi connectivity index (χ4n) is 3.61. The maximum absolute atomic E-state index is 12.1. The number of fused-ring (bicyclic) bond motifs is 1. The minimum Gasteiger partial charge on any atom is -0.310 e. The average molecular weight is 275 g/mol. The molecule has 0 atom stereocenters. The zero-order valence-corrected chi connectivity index (χ0v) is 12.5. The van der Waals surface area contributed by atoms with Gasteiger partial charge in [-0.1, -0.05) is 19.8 Å². The number of aromatic nitrogens is 2. The van der Waals surface area contributed by atoms with E-state index in [1.807, 2.05) is 0 Å². The first-order chi connectivity index (χ1) is 9.76. The van der Waals surface area contributed by atoms with Crippen LogP contribution in [0.4, 0.5) is 0 Å². The van der Waals surface area contributed by atoms with Crippen molar-refractivity contribution in [2.75, 3.05) is 13.1 Å². The minimum absolute atomic E-state index is 0.0963. The van der Waals surface area contributed by atoms with E-state index in [0.29, 0.717) is 0 Å². The van der Waals surface area contributed by atoms with Gasteiger partial charge in [-0.2, -0.15) is 0 Å². The standard InChI is InChI=1S/C16H25N3O/c1-2-5-15-17-14-11-19(10-12-6-3-4-7-12)9-8-13(14)16(20)18-15/h12H,2-11H2,1H3,(H,17,18,20). The van der Waals surface area contributed by atoms with E-state index < -0.39 is 0 Å². The van der Waals surface area contributed by atoms with Gasteiger partial charge < -0.3 is 4.98 Å². The molecule has 0 amide bonds. The van der Waals surface area contributed by atoms with E-state index in [1.165, 1.54) is 32.2 Å². The van der Waals surface area contributed by atoms with Crippen molar-refractivity contribution < 1.29 is 0 Å². The average Bonchev–Trinajstić information content (AvgIpc) is 2.91. The summed E-state index contributed by atoms with van der Waals surface area (Å²) < 4.78 is 0. The second-order valence-corrected chi connectivity index (χ2v) is 6.32. The largest absolute Gasteiger partial charge is 0.310 e. The monoisotopic (exact) mass is 275 g/mol. The number of aromatic amines is 1. The molecule has 0 aromatic carbocycles. The fraction of sp³-hybridized carbons (Fsp3) is 0.750. The number of hydrogen-bond acceptors (Lipinski definition) is 3. The summed E-state index contributed by atoms with van der Waals surface area (Å²) in [5.41, 5.74) is 2.05. The molecule has 1 N–H and O–H groups in total. The summed E-state index contributed by atoms with van der Waals surface area (Å²) in [7, 11) is 0. The van der Waals surface area contributed by atoms with Gasteiger partial charge in [-0.05, 0) is 31.6 Å². The molecule has 2 aliphatic rings. The Balaban J connectivity index is 1.73. The van der Waals surface area contributed by atoms with Gasteiger partial charge in [-0.3, -0.25) is 9.69 Å². The van der Waals surface area contributed by atoms with Gasteiger partial charge in [0, 0.05) is 31.6 Å². The van der Waals surface area contributed by atoms with Crippen LogP contribution < -0.4 is 5.56 Å². The molecule has 4 heteroatoms. The van der Waals surface area contributed by atoms with E-state index in [0.717, 1.165) is 55.4 Å². The molecule has 1 aromatic heterocycles. The highest BCUT2D eigenvalue weighted by Crippen LogP contribution is 2.27. The third kappa shape index (κ3) is 2.95. The van der Waals surface area contributed by atoms with Gasteiger partial charge in [0.05, 0.1) is 5.69 Å². The summed E-state index contributed by atoms with van der Waals surface area (Å²) >= 11 is 0. The van der Waals surface area contributed by atoms with E-state index in [9.17, 15) is 4.79 Å². The van der Waals surface area contributed by atoms with E-state index >= 15 is 0 Å². The summed E-state index contributed by atoms with van der Waals surface area (Å²) in [6.45, 7) is 5.19. The molecule has 1 saturated carbocycles. The predicted molar refractivity (Wildman–Crippen MR) is 79.8 cm³/mol. The maximum Gasteiger partial charge on any atom is 0.254 e. The molecule has 1 aliphatic heterocycles. The number of nitrogens with one attached hydrogen (secondary N) is 1. The lowest BCUT2D eigenvalue weighted by Gasteiger charge is -2.29. The summed E-state index contributed by atoms with van der Waals surface area (Å²) in [5, 5.41) is 0. The predicted octanol–water partition coefficient (Wildman–Crippen LogP) is 2.27. The van der Waals surface area contributed by atoms with Crippen LogP contribution in [0.1, 0.15) is 56.1 Å². The van der Waals surface area contributed by atoms with Crippen molar-refractivity contribution in [3.8, 4) is 0 Å². The Hall–Kier alpha value is -1.16. The second kappa shape index (κ2) is 6.08. The Labute approximate surface area is 120 Å². The van der Waals surface area contributed by atoms with Gasteiger partial charge in [0.2, 0.25) is 0 Å². The van der Waals surface area contributed by atoms with Crippen molar-refractivity contribution in [2.24, 2.45) is 5.92 Å². The van der Waals surface area contributed by atoms with Crippen molar-refractivity contribution in [2.45, 2.75) is 58.4 Å². The van der Waals surface area contributed by atoms with Gasteiger partial charge in [-0.25, -0.2) is 4.98 Å². The number of aryl methyl sites for hydroxylation is 1. The Morgan fingerprint density at radius 3 is 2.90 bits per heavy atom. The molecule has 110 valence electrons. The van der Waals surface area contributed by atoms with Crippen LogP contribution in [0.3, 0.4) is 0 Å². The molecule has 0 unspecified atom stereocenters. The van der Waals surface area contributed by atoms with Gasteiger partial charge in [0.25, 0.3) is 5.56 Å². The Morgan fingerprint density at radius 2 is 2.15 bits per heavy atom. The SMILES string of the molecule is CCCc1nc2c(c(=O)[nH]1)CCN(CC1CCCC1)C2. The first-order valence-electron chi connectivity index (χ1n) is 8.09. The van der Waals surface area contributed by atoms with Gasteiger partial charge in [-0.15, -0.1) is 0 Å². The molecule has 4 nitrogen and oxygen atoms in total. The van der Waals surface area contributed by atoms with Crippen LogP contribution in [0.25, 0.3) is 0 Å². The highest BCUT2D eigenvalue weighted by molar-refractivity contribution is 5.21. The Kier molecular flexibility index (Phi) is 4.20. The molecule has 2 heterocycles. The summed E-state index contributed by atoms with van der Waals surface area (Å²) in [4.78, 5) is 22.2. The molecule has 0 bridgehead atoms. The fourth-order valence-corrected chi connectivity index (χ4v) is 3.61. The molecular weight excluding hydrogens is 250 g/mol.